The normalized spacial score (nSPS) is 14.9. The second-order valence-electron chi connectivity index (χ2n) is 4.59. The molecule has 0 bridgehead atoms. The molecule has 2 aromatic carbocycles. The summed E-state index contributed by atoms with van der Waals surface area (Å²) >= 11 is 0. The third kappa shape index (κ3) is 2.51. The van der Waals surface area contributed by atoms with Gasteiger partial charge in [0.2, 0.25) is 0 Å². The number of hydrogen-bond donors (Lipinski definition) is 0. The predicted molar refractivity (Wildman–Crippen MR) is 73.7 cm³/mol. The summed E-state index contributed by atoms with van der Waals surface area (Å²) in [7, 11) is 0. The van der Waals surface area contributed by atoms with E-state index >= 15 is 0 Å². The average molecular weight is 253 g/mol. The first-order chi connectivity index (χ1) is 9.34. The molecule has 0 aliphatic carbocycles. The molecular weight excluding hydrogens is 238 g/mol. The van der Waals surface area contributed by atoms with E-state index in [-0.39, 0.29) is 12.5 Å². The van der Waals surface area contributed by atoms with Crippen LogP contribution in [0.2, 0.25) is 0 Å². The van der Waals surface area contributed by atoms with Crippen molar-refractivity contribution in [2.75, 3.05) is 11.5 Å². The Kier molecular flexibility index (Phi) is 3.29. The van der Waals surface area contributed by atoms with Gasteiger partial charge in [0.15, 0.2) is 0 Å². The summed E-state index contributed by atoms with van der Waals surface area (Å²) in [6.45, 7) is 1.22. The van der Waals surface area contributed by atoms with Gasteiger partial charge in [-0.1, -0.05) is 48.5 Å². The fraction of sp³-hybridized carbons (Fsp3) is 0.188. The van der Waals surface area contributed by atoms with Crippen molar-refractivity contribution in [3.8, 4) is 0 Å². The Morgan fingerprint density at radius 2 is 1.68 bits per heavy atom. The molecule has 1 amide bonds. The predicted octanol–water partition coefficient (Wildman–Crippen LogP) is 2.75. The van der Waals surface area contributed by atoms with Gasteiger partial charge in [-0.2, -0.15) is 0 Å². The van der Waals surface area contributed by atoms with Crippen LogP contribution in [-0.4, -0.2) is 12.5 Å². The van der Waals surface area contributed by atoms with Gasteiger partial charge in [-0.3, -0.25) is 4.79 Å². The number of anilines is 1. The molecule has 3 heteroatoms. The molecule has 0 aromatic heterocycles. The second-order valence-corrected chi connectivity index (χ2v) is 4.59. The van der Waals surface area contributed by atoms with E-state index in [2.05, 4.69) is 0 Å². The number of carbonyl (C=O) groups excluding carboxylic acids is 1. The topological polar surface area (TPSA) is 29.5 Å². The van der Waals surface area contributed by atoms with Crippen LogP contribution in [0.4, 0.5) is 5.69 Å². The quantitative estimate of drug-likeness (QED) is 0.823. The van der Waals surface area contributed by atoms with Gasteiger partial charge in [-0.25, -0.2) is 0 Å². The van der Waals surface area contributed by atoms with E-state index in [1.807, 2.05) is 54.6 Å². The minimum atomic E-state index is 0.00815. The van der Waals surface area contributed by atoms with E-state index in [0.717, 1.165) is 16.8 Å². The smallest absolute Gasteiger partial charge is 0.253 e. The Balaban J connectivity index is 1.96. The van der Waals surface area contributed by atoms with Crippen LogP contribution in [0.15, 0.2) is 54.6 Å². The van der Waals surface area contributed by atoms with Crippen molar-refractivity contribution in [1.29, 1.82) is 0 Å². The molecule has 0 unspecified atom stereocenters. The van der Waals surface area contributed by atoms with Crippen LogP contribution in [0.1, 0.15) is 11.1 Å². The van der Waals surface area contributed by atoms with Crippen LogP contribution in [0.25, 0.3) is 0 Å². The van der Waals surface area contributed by atoms with Crippen molar-refractivity contribution in [1.82, 2.24) is 0 Å². The van der Waals surface area contributed by atoms with E-state index < -0.39 is 0 Å². The lowest BCUT2D eigenvalue weighted by Crippen LogP contribution is -2.32. The molecule has 0 saturated heterocycles. The van der Waals surface area contributed by atoms with Gasteiger partial charge < -0.3 is 9.64 Å². The summed E-state index contributed by atoms with van der Waals surface area (Å²) in [6, 6.07) is 17.9. The van der Waals surface area contributed by atoms with E-state index in [4.69, 9.17) is 4.74 Å². The number of hydrogen-bond acceptors (Lipinski definition) is 2. The van der Waals surface area contributed by atoms with Gasteiger partial charge in [-0.15, -0.1) is 0 Å². The molecule has 0 saturated carbocycles. The van der Waals surface area contributed by atoms with Crippen LogP contribution in [-0.2, 0) is 22.7 Å². The lowest BCUT2D eigenvalue weighted by atomic mass is 10.1. The highest BCUT2D eigenvalue weighted by Crippen LogP contribution is 2.25. The van der Waals surface area contributed by atoms with E-state index in [1.165, 1.54) is 0 Å². The highest BCUT2D eigenvalue weighted by Gasteiger charge is 2.22. The number of nitrogens with zero attached hydrogens (tertiary/aromatic N) is 1. The number of amides is 1. The zero-order valence-electron chi connectivity index (χ0n) is 10.6. The van der Waals surface area contributed by atoms with Gasteiger partial charge in [-0.05, 0) is 11.6 Å². The van der Waals surface area contributed by atoms with Crippen molar-refractivity contribution in [3.05, 3.63) is 65.7 Å². The maximum Gasteiger partial charge on any atom is 0.253 e. The van der Waals surface area contributed by atoms with E-state index in [1.54, 1.807) is 4.90 Å². The molecule has 3 rings (SSSR count). The average Bonchev–Trinajstić information content (AvgIpc) is 2.61. The number of rotatable bonds is 2. The van der Waals surface area contributed by atoms with Crippen LogP contribution >= 0.6 is 0 Å². The molecule has 0 atom stereocenters. The fourth-order valence-corrected chi connectivity index (χ4v) is 2.30. The minimum Gasteiger partial charge on any atom is -0.367 e. The van der Waals surface area contributed by atoms with Gasteiger partial charge in [0.05, 0.1) is 13.2 Å². The molecule has 1 aliphatic rings. The van der Waals surface area contributed by atoms with Crippen molar-refractivity contribution >= 4 is 11.6 Å². The summed E-state index contributed by atoms with van der Waals surface area (Å²) < 4.78 is 5.41. The maximum atomic E-state index is 12.2. The Morgan fingerprint density at radius 3 is 2.53 bits per heavy atom. The van der Waals surface area contributed by atoms with Gasteiger partial charge in [0.25, 0.3) is 5.91 Å². The summed E-state index contributed by atoms with van der Waals surface area (Å²) in [6.07, 6.45) is 0. The Bertz CT molecular complexity index is 580. The molecule has 0 fully saturated rings. The first-order valence-corrected chi connectivity index (χ1v) is 6.34. The number of para-hydroxylation sites is 1. The third-order valence-electron chi connectivity index (χ3n) is 3.25. The van der Waals surface area contributed by atoms with Crippen molar-refractivity contribution in [2.45, 2.75) is 13.2 Å². The Labute approximate surface area is 112 Å². The van der Waals surface area contributed by atoms with E-state index in [9.17, 15) is 4.79 Å². The third-order valence-corrected chi connectivity index (χ3v) is 3.25. The number of carbonyl (C=O) groups is 1. The Hall–Kier alpha value is -2.13. The van der Waals surface area contributed by atoms with Crippen molar-refractivity contribution in [2.24, 2.45) is 0 Å². The largest absolute Gasteiger partial charge is 0.367 e. The number of benzene rings is 2. The number of fused-ring (bicyclic) bond motifs is 1. The maximum absolute atomic E-state index is 12.2. The standard InChI is InChI=1S/C16H15NO2/c18-16-12-19-11-14-8-4-5-9-15(14)17(16)10-13-6-2-1-3-7-13/h1-9H,10-12H2. The molecule has 0 spiro atoms. The first kappa shape index (κ1) is 11.9. The molecule has 1 heterocycles. The summed E-state index contributed by atoms with van der Waals surface area (Å²) in [5.74, 6) is 0.00815. The molecule has 3 nitrogen and oxygen atoms in total. The minimum absolute atomic E-state index is 0.00815. The molecule has 0 N–H and O–H groups in total. The van der Waals surface area contributed by atoms with E-state index in [0.29, 0.717) is 13.2 Å². The van der Waals surface area contributed by atoms with Crippen molar-refractivity contribution < 1.29 is 9.53 Å². The second kappa shape index (κ2) is 5.24. The van der Waals surface area contributed by atoms with Crippen LogP contribution < -0.4 is 4.90 Å². The highest BCUT2D eigenvalue weighted by atomic mass is 16.5. The lowest BCUT2D eigenvalue weighted by Gasteiger charge is -2.22. The van der Waals surface area contributed by atoms with Gasteiger partial charge in [0, 0.05) is 11.3 Å². The SMILES string of the molecule is O=C1COCc2ccccc2N1Cc1ccccc1. The molecule has 19 heavy (non-hydrogen) atoms. The molecule has 2 aromatic rings. The van der Waals surface area contributed by atoms with Gasteiger partial charge in [0.1, 0.15) is 6.61 Å². The van der Waals surface area contributed by atoms with Crippen LogP contribution in [0.5, 0.6) is 0 Å². The van der Waals surface area contributed by atoms with Crippen LogP contribution in [0, 0.1) is 0 Å². The molecule has 96 valence electrons. The van der Waals surface area contributed by atoms with Crippen molar-refractivity contribution in [3.63, 3.8) is 0 Å². The summed E-state index contributed by atoms with van der Waals surface area (Å²) in [5, 5.41) is 0. The zero-order chi connectivity index (χ0) is 13.1. The summed E-state index contributed by atoms with van der Waals surface area (Å²) in [5.41, 5.74) is 3.13. The summed E-state index contributed by atoms with van der Waals surface area (Å²) in [4.78, 5) is 14.0. The van der Waals surface area contributed by atoms with Gasteiger partial charge >= 0.3 is 0 Å². The number of ether oxygens (including phenoxy) is 1. The monoisotopic (exact) mass is 253 g/mol. The fourth-order valence-electron chi connectivity index (χ4n) is 2.30. The highest BCUT2D eigenvalue weighted by molar-refractivity contribution is 5.95. The lowest BCUT2D eigenvalue weighted by molar-refractivity contribution is -0.123. The Morgan fingerprint density at radius 1 is 0.947 bits per heavy atom. The molecular formula is C16H15NO2. The molecule has 0 radical (unpaired) electrons. The zero-order valence-corrected chi connectivity index (χ0v) is 10.6. The molecule has 1 aliphatic heterocycles. The van der Waals surface area contributed by atoms with Crippen LogP contribution in [0.3, 0.4) is 0 Å². The first-order valence-electron chi connectivity index (χ1n) is 6.34.